The van der Waals surface area contributed by atoms with Gasteiger partial charge in [-0.3, -0.25) is 14.4 Å². The number of fused-ring (bicyclic) bond motifs is 1. The van der Waals surface area contributed by atoms with Crippen molar-refractivity contribution in [3.05, 3.63) is 23.8 Å². The summed E-state index contributed by atoms with van der Waals surface area (Å²) in [7, 11) is 0. The lowest BCUT2D eigenvalue weighted by Gasteiger charge is -2.19. The Balaban J connectivity index is 1.48. The summed E-state index contributed by atoms with van der Waals surface area (Å²) in [5, 5.41) is 7.71. The average Bonchev–Trinajstić information content (AvgIpc) is 3.09. The van der Waals surface area contributed by atoms with Crippen molar-refractivity contribution in [2.75, 3.05) is 26.3 Å². The van der Waals surface area contributed by atoms with Gasteiger partial charge in [0.15, 0.2) is 11.5 Å². The fourth-order valence-corrected chi connectivity index (χ4v) is 3.03. The van der Waals surface area contributed by atoms with Gasteiger partial charge in [0.1, 0.15) is 19.5 Å². The lowest BCUT2D eigenvalue weighted by Crippen LogP contribution is -2.44. The van der Waals surface area contributed by atoms with Gasteiger partial charge in [-0.2, -0.15) is 0 Å². The number of hydrogen-bond acceptors (Lipinski definition) is 6. The molecule has 2 atom stereocenters. The van der Waals surface area contributed by atoms with Gasteiger partial charge in [-0.15, -0.1) is 0 Å². The predicted octanol–water partition coefficient (Wildman–Crippen LogP) is -0.602. The van der Waals surface area contributed by atoms with Gasteiger partial charge >= 0.3 is 0 Å². The Morgan fingerprint density at radius 1 is 1.26 bits per heavy atom. The topological polar surface area (TPSA) is 123 Å². The van der Waals surface area contributed by atoms with Crippen LogP contribution in [0.2, 0.25) is 0 Å². The zero-order valence-electron chi connectivity index (χ0n) is 14.7. The van der Waals surface area contributed by atoms with Crippen LogP contribution in [0.5, 0.6) is 11.5 Å². The zero-order valence-corrected chi connectivity index (χ0v) is 14.7. The summed E-state index contributed by atoms with van der Waals surface area (Å²) in [6.07, 6.45) is 1.49. The van der Waals surface area contributed by atoms with Gasteiger partial charge in [0.25, 0.3) is 5.91 Å². The number of hydrogen-bond donors (Lipinski definition) is 3. The Morgan fingerprint density at radius 3 is 2.74 bits per heavy atom. The standard InChI is InChI=1S/C18H21N3O6/c22-10-13(7-12-3-4-19-17(12)24)21-16(23)9-20-18(25)11-1-2-14-15(8-11)27-6-5-26-14/h1-2,8,10,12-13H,3-7,9H2,(H,19,24)(H,20,25)(H,21,23). The van der Waals surface area contributed by atoms with E-state index >= 15 is 0 Å². The summed E-state index contributed by atoms with van der Waals surface area (Å²) >= 11 is 0. The third kappa shape index (κ3) is 4.75. The van der Waals surface area contributed by atoms with Gasteiger partial charge < -0.3 is 30.2 Å². The van der Waals surface area contributed by atoms with Crippen molar-refractivity contribution >= 4 is 24.0 Å². The number of rotatable bonds is 7. The molecule has 2 aliphatic heterocycles. The molecule has 9 nitrogen and oxygen atoms in total. The molecule has 3 rings (SSSR count). The van der Waals surface area contributed by atoms with E-state index in [1.54, 1.807) is 18.2 Å². The minimum atomic E-state index is -0.766. The molecule has 0 radical (unpaired) electrons. The molecule has 1 saturated heterocycles. The number of benzene rings is 1. The maximum Gasteiger partial charge on any atom is 0.251 e. The maximum absolute atomic E-state index is 12.2. The molecule has 0 aliphatic carbocycles. The van der Waals surface area contributed by atoms with Gasteiger partial charge in [-0.1, -0.05) is 0 Å². The van der Waals surface area contributed by atoms with E-state index in [1.165, 1.54) is 0 Å². The highest BCUT2D eigenvalue weighted by Crippen LogP contribution is 2.30. The molecular weight excluding hydrogens is 354 g/mol. The van der Waals surface area contributed by atoms with Gasteiger partial charge in [0.05, 0.1) is 12.6 Å². The predicted molar refractivity (Wildman–Crippen MR) is 93.5 cm³/mol. The largest absolute Gasteiger partial charge is 0.486 e. The molecular formula is C18H21N3O6. The molecule has 144 valence electrons. The molecule has 0 saturated carbocycles. The Morgan fingerprint density at radius 2 is 2.04 bits per heavy atom. The number of aldehydes is 1. The second-order valence-electron chi connectivity index (χ2n) is 6.36. The van der Waals surface area contributed by atoms with E-state index < -0.39 is 17.9 Å². The van der Waals surface area contributed by atoms with Gasteiger partial charge in [0, 0.05) is 18.0 Å². The normalized spacial score (nSPS) is 19.0. The molecule has 3 N–H and O–H groups in total. The van der Waals surface area contributed by atoms with Crippen LogP contribution in [0.1, 0.15) is 23.2 Å². The van der Waals surface area contributed by atoms with Crippen LogP contribution >= 0.6 is 0 Å². The summed E-state index contributed by atoms with van der Waals surface area (Å²) in [6.45, 7) is 1.16. The fourth-order valence-electron chi connectivity index (χ4n) is 3.03. The first-order valence-electron chi connectivity index (χ1n) is 8.77. The Kier molecular flexibility index (Phi) is 5.90. The van der Waals surface area contributed by atoms with Crippen LogP contribution < -0.4 is 25.4 Å². The minimum Gasteiger partial charge on any atom is -0.486 e. The number of amides is 3. The Bertz CT molecular complexity index is 751. The van der Waals surface area contributed by atoms with E-state index in [-0.39, 0.29) is 24.8 Å². The summed E-state index contributed by atoms with van der Waals surface area (Å²) in [6, 6.07) is 4.00. The summed E-state index contributed by atoms with van der Waals surface area (Å²) in [5.41, 5.74) is 0.335. The van der Waals surface area contributed by atoms with Gasteiger partial charge in [0.2, 0.25) is 11.8 Å². The first-order valence-corrected chi connectivity index (χ1v) is 8.77. The van der Waals surface area contributed by atoms with E-state index in [9.17, 15) is 19.2 Å². The van der Waals surface area contributed by atoms with Crippen molar-refractivity contribution < 1.29 is 28.7 Å². The van der Waals surface area contributed by atoms with Crippen molar-refractivity contribution in [1.29, 1.82) is 0 Å². The lowest BCUT2D eigenvalue weighted by molar-refractivity contribution is -0.125. The highest BCUT2D eigenvalue weighted by molar-refractivity contribution is 5.97. The third-order valence-corrected chi connectivity index (χ3v) is 4.43. The van der Waals surface area contributed by atoms with Gasteiger partial charge in [-0.05, 0) is 31.0 Å². The molecule has 9 heteroatoms. The Hall–Kier alpha value is -3.10. The van der Waals surface area contributed by atoms with Crippen molar-refractivity contribution in [2.24, 2.45) is 5.92 Å². The molecule has 2 heterocycles. The molecule has 27 heavy (non-hydrogen) atoms. The second-order valence-corrected chi connectivity index (χ2v) is 6.36. The van der Waals surface area contributed by atoms with Crippen LogP contribution in [-0.4, -0.2) is 56.4 Å². The molecule has 1 aromatic carbocycles. The highest BCUT2D eigenvalue weighted by atomic mass is 16.6. The van der Waals surface area contributed by atoms with E-state index in [4.69, 9.17) is 9.47 Å². The van der Waals surface area contributed by atoms with Crippen LogP contribution in [0, 0.1) is 5.92 Å². The number of ether oxygens (including phenoxy) is 2. The molecule has 2 aliphatic rings. The second kappa shape index (κ2) is 8.52. The summed E-state index contributed by atoms with van der Waals surface area (Å²) in [4.78, 5) is 46.9. The Labute approximate surface area is 155 Å². The first-order chi connectivity index (χ1) is 13.1. The number of carbonyl (C=O) groups excluding carboxylic acids is 4. The SMILES string of the molecule is O=CC(CC1CCNC1=O)NC(=O)CNC(=O)c1ccc2c(c1)OCCO2. The van der Waals surface area contributed by atoms with Crippen molar-refractivity contribution in [3.63, 3.8) is 0 Å². The number of carbonyl (C=O) groups is 4. The third-order valence-electron chi connectivity index (χ3n) is 4.43. The van der Waals surface area contributed by atoms with E-state index in [1.807, 2.05) is 0 Å². The fraction of sp³-hybridized carbons (Fsp3) is 0.444. The quantitative estimate of drug-likeness (QED) is 0.547. The van der Waals surface area contributed by atoms with Crippen LogP contribution in [0.3, 0.4) is 0 Å². The van der Waals surface area contributed by atoms with E-state index in [0.29, 0.717) is 49.5 Å². The van der Waals surface area contributed by atoms with Crippen molar-refractivity contribution in [3.8, 4) is 11.5 Å². The monoisotopic (exact) mass is 375 g/mol. The van der Waals surface area contributed by atoms with Crippen LogP contribution in [0.25, 0.3) is 0 Å². The van der Waals surface area contributed by atoms with E-state index in [2.05, 4.69) is 16.0 Å². The molecule has 3 amide bonds. The molecule has 1 fully saturated rings. The van der Waals surface area contributed by atoms with Crippen LogP contribution in [0.15, 0.2) is 18.2 Å². The van der Waals surface area contributed by atoms with E-state index in [0.717, 1.165) is 0 Å². The van der Waals surface area contributed by atoms with Crippen LogP contribution in [0.4, 0.5) is 0 Å². The van der Waals surface area contributed by atoms with Crippen molar-refractivity contribution in [1.82, 2.24) is 16.0 Å². The minimum absolute atomic E-state index is 0.108. The highest BCUT2D eigenvalue weighted by Gasteiger charge is 2.27. The number of nitrogens with one attached hydrogen (secondary N) is 3. The molecule has 1 aromatic rings. The van der Waals surface area contributed by atoms with Gasteiger partial charge in [-0.25, -0.2) is 0 Å². The molecule has 0 spiro atoms. The summed E-state index contributed by atoms with van der Waals surface area (Å²) < 4.78 is 10.8. The van der Waals surface area contributed by atoms with Crippen LogP contribution in [-0.2, 0) is 14.4 Å². The first kappa shape index (κ1) is 18.7. The molecule has 0 bridgehead atoms. The zero-order chi connectivity index (χ0) is 19.2. The molecule has 0 aromatic heterocycles. The molecule has 2 unspecified atom stereocenters. The smallest absolute Gasteiger partial charge is 0.251 e. The maximum atomic E-state index is 12.2. The summed E-state index contributed by atoms with van der Waals surface area (Å²) in [5.74, 6) is -0.290. The lowest BCUT2D eigenvalue weighted by atomic mass is 9.99. The van der Waals surface area contributed by atoms with Crippen molar-refractivity contribution in [2.45, 2.75) is 18.9 Å². The average molecular weight is 375 g/mol.